The molecule has 216 valence electrons. The van der Waals surface area contributed by atoms with Crippen LogP contribution in [0.15, 0.2) is 72.8 Å². The molecule has 0 aromatic heterocycles. The van der Waals surface area contributed by atoms with Gasteiger partial charge in [0.1, 0.15) is 0 Å². The largest absolute Gasteiger partial charge is 0.383 e. The number of hydrogen-bond acceptors (Lipinski definition) is 6. The van der Waals surface area contributed by atoms with Crippen LogP contribution in [0.5, 0.6) is 0 Å². The number of ether oxygens (including phenoxy) is 2. The molecule has 0 unspecified atom stereocenters. The molecule has 9 heteroatoms. The summed E-state index contributed by atoms with van der Waals surface area (Å²) in [6, 6.07) is 24.0. The molecule has 2 aliphatic rings. The summed E-state index contributed by atoms with van der Waals surface area (Å²) in [4.78, 5) is 31.4. The second-order valence-corrected chi connectivity index (χ2v) is 10.6. The highest BCUT2D eigenvalue weighted by Gasteiger charge is 2.25. The number of methoxy groups -OCH3 is 1. The lowest BCUT2D eigenvalue weighted by atomic mass is 10.0. The topological polar surface area (TPSA) is 94.6 Å². The number of hydroxylamine groups is 1. The number of morpholine rings is 1. The van der Waals surface area contributed by atoms with E-state index in [9.17, 15) is 9.59 Å². The molecule has 3 aromatic carbocycles. The second-order valence-electron chi connectivity index (χ2n) is 10.6. The summed E-state index contributed by atoms with van der Waals surface area (Å²) in [5.74, 6) is -0.576. The first-order valence-corrected chi connectivity index (χ1v) is 14.2. The SMILES string of the molecule is COC[C@@H]1CCCN1Cc1ccc(-c2ccc(N(Cc3ccc(C(=O)NO)cc3)C(=O)N3CCOCC3)cc2)cc1. The summed E-state index contributed by atoms with van der Waals surface area (Å²) in [5, 5.41) is 8.90. The smallest absolute Gasteiger partial charge is 0.324 e. The van der Waals surface area contributed by atoms with Crippen LogP contribution in [0, 0.1) is 0 Å². The third kappa shape index (κ3) is 7.12. The van der Waals surface area contributed by atoms with E-state index >= 15 is 0 Å². The van der Waals surface area contributed by atoms with Gasteiger partial charge in [0.05, 0.1) is 26.4 Å². The molecule has 9 nitrogen and oxygen atoms in total. The van der Waals surface area contributed by atoms with Crippen molar-refractivity contribution < 1.29 is 24.3 Å². The molecule has 2 heterocycles. The maximum Gasteiger partial charge on any atom is 0.324 e. The molecule has 0 bridgehead atoms. The molecule has 1 atom stereocenters. The summed E-state index contributed by atoms with van der Waals surface area (Å²) >= 11 is 0. The first-order chi connectivity index (χ1) is 20.1. The van der Waals surface area contributed by atoms with Crippen molar-refractivity contribution in [1.82, 2.24) is 15.3 Å². The Balaban J connectivity index is 1.31. The molecule has 0 saturated carbocycles. The number of benzene rings is 3. The van der Waals surface area contributed by atoms with Gasteiger partial charge < -0.3 is 14.4 Å². The highest BCUT2D eigenvalue weighted by atomic mass is 16.5. The lowest BCUT2D eigenvalue weighted by Crippen LogP contribution is -2.48. The number of carbonyl (C=O) groups is 2. The van der Waals surface area contributed by atoms with Gasteiger partial charge in [0.15, 0.2) is 0 Å². The number of likely N-dealkylation sites (tertiary alicyclic amines) is 1. The Morgan fingerprint density at radius 3 is 2.20 bits per heavy atom. The Bertz CT molecular complexity index is 1290. The van der Waals surface area contributed by atoms with E-state index in [1.165, 1.54) is 18.4 Å². The normalized spacial score (nSPS) is 17.4. The zero-order chi connectivity index (χ0) is 28.6. The van der Waals surface area contributed by atoms with E-state index in [0.29, 0.717) is 44.5 Å². The summed E-state index contributed by atoms with van der Waals surface area (Å²) in [7, 11) is 1.77. The molecule has 2 aliphatic heterocycles. The van der Waals surface area contributed by atoms with Gasteiger partial charge in [-0.25, -0.2) is 10.3 Å². The summed E-state index contributed by atoms with van der Waals surface area (Å²) in [6.45, 7) is 5.27. The molecule has 2 N–H and O–H groups in total. The average molecular weight is 559 g/mol. The van der Waals surface area contributed by atoms with Gasteiger partial charge in [-0.2, -0.15) is 0 Å². The van der Waals surface area contributed by atoms with E-state index in [-0.39, 0.29) is 6.03 Å². The monoisotopic (exact) mass is 558 g/mol. The molecule has 0 aliphatic carbocycles. The number of urea groups is 1. The van der Waals surface area contributed by atoms with E-state index in [1.807, 2.05) is 24.3 Å². The zero-order valence-corrected chi connectivity index (χ0v) is 23.5. The minimum Gasteiger partial charge on any atom is -0.383 e. The first kappa shape index (κ1) is 28.8. The van der Waals surface area contributed by atoms with Crippen molar-refractivity contribution in [2.45, 2.75) is 32.0 Å². The maximum absolute atomic E-state index is 13.6. The van der Waals surface area contributed by atoms with Gasteiger partial charge in [0, 0.05) is 44.0 Å². The second kappa shape index (κ2) is 13.7. The van der Waals surface area contributed by atoms with Gasteiger partial charge in [-0.05, 0) is 65.9 Å². The van der Waals surface area contributed by atoms with Crippen LogP contribution in [-0.4, -0.2) is 79.6 Å². The lowest BCUT2D eigenvalue weighted by molar-refractivity contribution is 0.0548. The van der Waals surface area contributed by atoms with Crippen LogP contribution in [0.4, 0.5) is 10.5 Å². The highest BCUT2D eigenvalue weighted by molar-refractivity contribution is 5.94. The van der Waals surface area contributed by atoms with Crippen LogP contribution in [0.1, 0.15) is 34.3 Å². The van der Waals surface area contributed by atoms with Crippen LogP contribution in [0.2, 0.25) is 0 Å². The average Bonchev–Trinajstić information content (AvgIpc) is 3.47. The van der Waals surface area contributed by atoms with E-state index in [0.717, 1.165) is 42.1 Å². The van der Waals surface area contributed by atoms with Crippen molar-refractivity contribution in [3.05, 3.63) is 89.5 Å². The maximum atomic E-state index is 13.6. The van der Waals surface area contributed by atoms with Crippen molar-refractivity contribution in [3.63, 3.8) is 0 Å². The van der Waals surface area contributed by atoms with Crippen molar-refractivity contribution in [2.75, 3.05) is 51.5 Å². The number of carbonyl (C=O) groups excluding carboxylic acids is 2. The number of hydrogen-bond donors (Lipinski definition) is 2. The van der Waals surface area contributed by atoms with Crippen LogP contribution < -0.4 is 10.4 Å². The molecule has 0 spiro atoms. The molecule has 3 amide bonds. The fourth-order valence-corrected chi connectivity index (χ4v) is 5.56. The van der Waals surface area contributed by atoms with Gasteiger partial charge in [0.2, 0.25) is 0 Å². The fourth-order valence-electron chi connectivity index (χ4n) is 5.56. The molecule has 2 fully saturated rings. The fraction of sp³-hybridized carbons (Fsp3) is 0.375. The number of amides is 3. The predicted molar refractivity (Wildman–Crippen MR) is 157 cm³/mol. The Morgan fingerprint density at radius 2 is 1.56 bits per heavy atom. The Hall–Kier alpha value is -3.76. The van der Waals surface area contributed by atoms with Crippen LogP contribution >= 0.6 is 0 Å². The minimum atomic E-state index is -0.576. The predicted octanol–water partition coefficient (Wildman–Crippen LogP) is 4.54. The third-order valence-electron chi connectivity index (χ3n) is 7.88. The van der Waals surface area contributed by atoms with Gasteiger partial charge >= 0.3 is 6.03 Å². The number of anilines is 1. The van der Waals surface area contributed by atoms with Crippen LogP contribution in [0.25, 0.3) is 11.1 Å². The van der Waals surface area contributed by atoms with E-state index in [1.54, 1.807) is 46.7 Å². The summed E-state index contributed by atoms with van der Waals surface area (Å²) in [6.07, 6.45) is 2.41. The molecule has 5 rings (SSSR count). The number of rotatable bonds is 9. The van der Waals surface area contributed by atoms with Crippen LogP contribution in [-0.2, 0) is 22.6 Å². The van der Waals surface area contributed by atoms with Gasteiger partial charge in [0.25, 0.3) is 5.91 Å². The number of nitrogens with zero attached hydrogens (tertiary/aromatic N) is 3. The van der Waals surface area contributed by atoms with Gasteiger partial charge in [-0.1, -0.05) is 48.5 Å². The van der Waals surface area contributed by atoms with Gasteiger partial charge in [-0.15, -0.1) is 0 Å². The van der Waals surface area contributed by atoms with Crippen molar-refractivity contribution in [2.24, 2.45) is 0 Å². The summed E-state index contributed by atoms with van der Waals surface area (Å²) < 4.78 is 10.8. The van der Waals surface area contributed by atoms with Crippen molar-refractivity contribution in [3.8, 4) is 11.1 Å². The quantitative estimate of drug-likeness (QED) is 0.296. The molecule has 3 aromatic rings. The van der Waals surface area contributed by atoms with E-state index in [4.69, 9.17) is 14.7 Å². The lowest BCUT2D eigenvalue weighted by Gasteiger charge is -2.33. The number of nitrogens with one attached hydrogen (secondary N) is 1. The molecular weight excluding hydrogens is 520 g/mol. The Kier molecular flexibility index (Phi) is 9.63. The standard InChI is InChI=1S/C32H38N4O5/c1-40-23-30-3-2-16-35(30)21-24-4-8-26(9-5-24)27-12-14-29(15-13-27)36(32(38)34-17-19-41-20-18-34)22-25-6-10-28(11-7-25)31(37)33-39/h4-15,30,39H,2-3,16-23H2,1H3,(H,33,37)/t30-/m0/s1. The zero-order valence-electron chi connectivity index (χ0n) is 23.5. The Morgan fingerprint density at radius 1 is 0.927 bits per heavy atom. The minimum absolute atomic E-state index is 0.0868. The molecule has 0 radical (unpaired) electrons. The molecule has 2 saturated heterocycles. The third-order valence-corrected chi connectivity index (χ3v) is 7.88. The summed E-state index contributed by atoms with van der Waals surface area (Å²) in [5.41, 5.74) is 7.14. The highest BCUT2D eigenvalue weighted by Crippen LogP contribution is 2.27. The molecule has 41 heavy (non-hydrogen) atoms. The van der Waals surface area contributed by atoms with E-state index in [2.05, 4.69) is 29.2 Å². The van der Waals surface area contributed by atoms with E-state index < -0.39 is 5.91 Å². The van der Waals surface area contributed by atoms with Crippen molar-refractivity contribution in [1.29, 1.82) is 0 Å². The van der Waals surface area contributed by atoms with Crippen LogP contribution in [0.3, 0.4) is 0 Å². The first-order valence-electron chi connectivity index (χ1n) is 14.2. The van der Waals surface area contributed by atoms with Gasteiger partial charge in [-0.3, -0.25) is 19.8 Å². The van der Waals surface area contributed by atoms with Crippen molar-refractivity contribution >= 4 is 17.6 Å². The molecular formula is C32H38N4O5. The Labute approximate surface area is 241 Å².